The summed E-state index contributed by atoms with van der Waals surface area (Å²) in [5.74, 6) is -1.02. The maximum Gasteiger partial charge on any atom is 0.316 e. The van der Waals surface area contributed by atoms with Crippen LogP contribution in [0.4, 0.5) is 5.69 Å². The largest absolute Gasteiger partial charge is 0.346 e. The van der Waals surface area contributed by atoms with Crippen LogP contribution in [-0.4, -0.2) is 30.9 Å². The van der Waals surface area contributed by atoms with Gasteiger partial charge in [-0.2, -0.15) is 0 Å². The molecule has 106 valence electrons. The summed E-state index contributed by atoms with van der Waals surface area (Å²) in [6, 6.07) is 7.98. The van der Waals surface area contributed by atoms with Crippen LogP contribution in [-0.2, 0) is 15.0 Å². The van der Waals surface area contributed by atoms with E-state index < -0.39 is 11.8 Å². The zero-order valence-corrected chi connectivity index (χ0v) is 11.6. The van der Waals surface area contributed by atoms with Crippen LogP contribution in [0.15, 0.2) is 24.3 Å². The number of anilines is 1. The first-order chi connectivity index (χ1) is 9.54. The highest BCUT2D eigenvalue weighted by Crippen LogP contribution is 2.50. The highest BCUT2D eigenvalue weighted by molar-refractivity contribution is 6.41. The predicted molar refractivity (Wildman–Crippen MR) is 76.4 cm³/mol. The summed E-state index contributed by atoms with van der Waals surface area (Å²) in [6.07, 6.45) is 2.17. The van der Waals surface area contributed by atoms with Crippen LogP contribution in [0.25, 0.3) is 0 Å². The molecule has 5 heteroatoms. The van der Waals surface area contributed by atoms with Crippen molar-refractivity contribution in [1.82, 2.24) is 5.32 Å². The molecule has 1 heterocycles. The molecule has 0 bridgehead atoms. The molecule has 20 heavy (non-hydrogen) atoms. The van der Waals surface area contributed by atoms with E-state index in [4.69, 9.17) is 5.73 Å². The number of carbonyl (C=O) groups excluding carboxylic acids is 2. The molecule has 1 unspecified atom stereocenters. The number of rotatable bonds is 3. The highest BCUT2D eigenvalue weighted by atomic mass is 16.2. The number of nitrogens with two attached hydrogens (primary N) is 1. The fraction of sp³-hybridized carbons (Fsp3) is 0.467. The van der Waals surface area contributed by atoms with Crippen LogP contribution in [0.5, 0.6) is 0 Å². The van der Waals surface area contributed by atoms with Gasteiger partial charge < -0.3 is 16.0 Å². The number of amides is 2. The molecule has 1 aliphatic carbocycles. The van der Waals surface area contributed by atoms with Crippen molar-refractivity contribution in [3.8, 4) is 0 Å². The minimum atomic E-state index is -0.532. The van der Waals surface area contributed by atoms with Gasteiger partial charge in [-0.15, -0.1) is 0 Å². The Kier molecular flexibility index (Phi) is 3.01. The van der Waals surface area contributed by atoms with Gasteiger partial charge >= 0.3 is 11.8 Å². The lowest BCUT2D eigenvalue weighted by atomic mass is 9.89. The molecule has 5 nitrogen and oxygen atoms in total. The predicted octanol–water partition coefficient (Wildman–Crippen LogP) is 0.528. The van der Waals surface area contributed by atoms with Crippen LogP contribution < -0.4 is 16.0 Å². The second-order valence-electron chi connectivity index (χ2n) is 5.71. The Morgan fingerprint density at radius 3 is 2.75 bits per heavy atom. The SMILES string of the molecule is CC(N)C1(c2cccc(N3CCNC(=O)C3=O)c2)CC1. The standard InChI is InChI=1S/C15H19N3O2/c1-10(16)15(5-6-15)11-3-2-4-12(9-11)18-8-7-17-13(19)14(18)20/h2-4,9-10H,5-8,16H2,1H3,(H,17,19). The van der Waals surface area contributed by atoms with Crippen molar-refractivity contribution in [2.24, 2.45) is 5.73 Å². The van der Waals surface area contributed by atoms with E-state index in [1.807, 2.05) is 25.1 Å². The molecule has 1 aliphatic heterocycles. The van der Waals surface area contributed by atoms with Crippen molar-refractivity contribution in [2.75, 3.05) is 18.0 Å². The van der Waals surface area contributed by atoms with E-state index in [0.717, 1.165) is 18.5 Å². The molecule has 1 saturated carbocycles. The summed E-state index contributed by atoms with van der Waals surface area (Å²) in [6.45, 7) is 3.03. The van der Waals surface area contributed by atoms with Gasteiger partial charge in [0.05, 0.1) is 0 Å². The van der Waals surface area contributed by atoms with E-state index in [2.05, 4.69) is 11.4 Å². The molecule has 2 amide bonds. The quantitative estimate of drug-likeness (QED) is 0.789. The van der Waals surface area contributed by atoms with E-state index in [0.29, 0.717) is 13.1 Å². The van der Waals surface area contributed by atoms with Gasteiger partial charge in [-0.05, 0) is 37.5 Å². The Hall–Kier alpha value is -1.88. The highest BCUT2D eigenvalue weighted by Gasteiger charge is 2.47. The van der Waals surface area contributed by atoms with Crippen LogP contribution in [0.3, 0.4) is 0 Å². The fourth-order valence-corrected chi connectivity index (χ4v) is 2.95. The van der Waals surface area contributed by atoms with E-state index in [1.54, 1.807) is 4.90 Å². The normalized spacial score (nSPS) is 22.4. The number of nitrogens with zero attached hydrogens (tertiary/aromatic N) is 1. The number of hydrogen-bond donors (Lipinski definition) is 2. The smallest absolute Gasteiger partial charge is 0.316 e. The maximum absolute atomic E-state index is 11.9. The van der Waals surface area contributed by atoms with Gasteiger partial charge in [-0.1, -0.05) is 12.1 Å². The fourth-order valence-electron chi connectivity index (χ4n) is 2.95. The van der Waals surface area contributed by atoms with Gasteiger partial charge in [0.25, 0.3) is 0 Å². The lowest BCUT2D eigenvalue weighted by molar-refractivity contribution is -0.138. The minimum absolute atomic E-state index is 0.0527. The Labute approximate surface area is 118 Å². The minimum Gasteiger partial charge on any atom is -0.346 e. The van der Waals surface area contributed by atoms with Gasteiger partial charge in [-0.25, -0.2) is 0 Å². The van der Waals surface area contributed by atoms with Gasteiger partial charge in [-0.3, -0.25) is 9.59 Å². The van der Waals surface area contributed by atoms with Gasteiger partial charge in [0.1, 0.15) is 0 Å². The number of piperazine rings is 1. The van der Waals surface area contributed by atoms with Gasteiger partial charge in [0.2, 0.25) is 0 Å². The molecule has 0 aromatic heterocycles. The monoisotopic (exact) mass is 273 g/mol. The number of nitrogens with one attached hydrogen (secondary N) is 1. The third kappa shape index (κ3) is 1.98. The molecular weight excluding hydrogens is 254 g/mol. The first-order valence-electron chi connectivity index (χ1n) is 7.00. The molecule has 2 fully saturated rings. The second-order valence-corrected chi connectivity index (χ2v) is 5.71. The first kappa shape index (κ1) is 13.1. The third-order valence-corrected chi connectivity index (χ3v) is 4.45. The molecule has 0 radical (unpaired) electrons. The number of benzene rings is 1. The first-order valence-corrected chi connectivity index (χ1v) is 7.00. The van der Waals surface area contributed by atoms with E-state index in [-0.39, 0.29) is 11.5 Å². The zero-order chi connectivity index (χ0) is 14.3. The Morgan fingerprint density at radius 2 is 2.10 bits per heavy atom. The maximum atomic E-state index is 11.9. The van der Waals surface area contributed by atoms with Crippen LogP contribution in [0.2, 0.25) is 0 Å². The summed E-state index contributed by atoms with van der Waals surface area (Å²) >= 11 is 0. The summed E-state index contributed by atoms with van der Waals surface area (Å²) in [7, 11) is 0. The Morgan fingerprint density at radius 1 is 1.35 bits per heavy atom. The van der Waals surface area contributed by atoms with Crippen molar-refractivity contribution < 1.29 is 9.59 Å². The van der Waals surface area contributed by atoms with Crippen molar-refractivity contribution in [3.63, 3.8) is 0 Å². The van der Waals surface area contributed by atoms with Crippen molar-refractivity contribution in [2.45, 2.75) is 31.2 Å². The molecule has 3 rings (SSSR count). The van der Waals surface area contributed by atoms with Crippen molar-refractivity contribution in [1.29, 1.82) is 0 Å². The summed E-state index contributed by atoms with van der Waals surface area (Å²) in [5.41, 5.74) is 8.11. The van der Waals surface area contributed by atoms with Crippen molar-refractivity contribution >= 4 is 17.5 Å². The molecule has 1 saturated heterocycles. The van der Waals surface area contributed by atoms with Crippen LogP contribution in [0, 0.1) is 0 Å². The Balaban J connectivity index is 1.92. The molecular formula is C15H19N3O2. The summed E-state index contributed by atoms with van der Waals surface area (Å²) < 4.78 is 0. The lowest BCUT2D eigenvalue weighted by Crippen LogP contribution is -2.52. The Bertz CT molecular complexity index is 564. The van der Waals surface area contributed by atoms with Crippen LogP contribution >= 0.6 is 0 Å². The topological polar surface area (TPSA) is 75.4 Å². The molecule has 1 aromatic carbocycles. The van der Waals surface area contributed by atoms with E-state index in [9.17, 15) is 9.59 Å². The average Bonchev–Trinajstić information content (AvgIpc) is 3.24. The second kappa shape index (κ2) is 4.59. The van der Waals surface area contributed by atoms with Crippen LogP contribution in [0.1, 0.15) is 25.3 Å². The molecule has 1 atom stereocenters. The summed E-state index contributed by atoms with van der Waals surface area (Å²) in [5, 5.41) is 2.56. The lowest BCUT2D eigenvalue weighted by Gasteiger charge is -2.28. The number of carbonyl (C=O) groups is 2. The van der Waals surface area contributed by atoms with E-state index >= 15 is 0 Å². The average molecular weight is 273 g/mol. The van der Waals surface area contributed by atoms with E-state index in [1.165, 1.54) is 5.56 Å². The summed E-state index contributed by atoms with van der Waals surface area (Å²) in [4.78, 5) is 24.9. The molecule has 1 aromatic rings. The van der Waals surface area contributed by atoms with Gasteiger partial charge in [0, 0.05) is 30.2 Å². The molecule has 3 N–H and O–H groups in total. The van der Waals surface area contributed by atoms with Gasteiger partial charge in [0.15, 0.2) is 0 Å². The molecule has 0 spiro atoms. The number of hydrogen-bond acceptors (Lipinski definition) is 3. The third-order valence-electron chi connectivity index (χ3n) is 4.45. The zero-order valence-electron chi connectivity index (χ0n) is 11.6. The molecule has 2 aliphatic rings. The van der Waals surface area contributed by atoms with Crippen molar-refractivity contribution in [3.05, 3.63) is 29.8 Å².